The summed E-state index contributed by atoms with van der Waals surface area (Å²) < 4.78 is 1.92. The molecule has 1 N–H and O–H groups in total. The largest absolute Gasteiger partial charge is 0.313 e. The highest BCUT2D eigenvalue weighted by Crippen LogP contribution is 2.35. The molecule has 2 rings (SSSR count). The summed E-state index contributed by atoms with van der Waals surface area (Å²) in [5, 5.41) is 7.80. The maximum Gasteiger partial charge on any atom is 0.0533 e. The average molecular weight is 214 g/mol. The molecule has 0 radical (unpaired) electrons. The Labute approximate surface area is 89.4 Å². The predicted molar refractivity (Wildman–Crippen MR) is 57.5 cm³/mol. The quantitative estimate of drug-likeness (QED) is 0.573. The molecule has 0 aliphatic heterocycles. The van der Waals surface area contributed by atoms with Crippen LogP contribution in [0.15, 0.2) is 18.5 Å². The van der Waals surface area contributed by atoms with Crippen LogP contribution >= 0.6 is 11.6 Å². The maximum atomic E-state index is 6.15. The Morgan fingerprint density at radius 3 is 3.07 bits per heavy atom. The zero-order valence-electron chi connectivity index (χ0n) is 8.19. The molecule has 0 amide bonds. The van der Waals surface area contributed by atoms with Crippen LogP contribution in [0.2, 0.25) is 0 Å². The number of nitrogens with zero attached hydrogens (tertiary/aromatic N) is 2. The normalized spacial score (nSPS) is 18.4. The van der Waals surface area contributed by atoms with Gasteiger partial charge in [-0.05, 0) is 24.8 Å². The van der Waals surface area contributed by atoms with Gasteiger partial charge < -0.3 is 5.32 Å². The minimum Gasteiger partial charge on any atom is -0.313 e. The van der Waals surface area contributed by atoms with Gasteiger partial charge in [0.15, 0.2) is 0 Å². The lowest BCUT2D eigenvalue weighted by Gasteiger charge is -2.09. The molecule has 1 aromatic rings. The molecule has 1 aliphatic carbocycles. The number of hydrogen-bond acceptors (Lipinski definition) is 2. The molecule has 0 bridgehead atoms. The SMILES string of the molecule is ClC(CNCCn1cccn1)C1CC1. The number of hydrogen-bond donors (Lipinski definition) is 1. The van der Waals surface area contributed by atoms with Crippen LogP contribution in [0.3, 0.4) is 0 Å². The summed E-state index contributed by atoms with van der Waals surface area (Å²) in [6, 6.07) is 1.94. The Bertz CT molecular complexity index is 256. The minimum atomic E-state index is 0.327. The molecular formula is C10H16ClN3. The van der Waals surface area contributed by atoms with Gasteiger partial charge in [-0.25, -0.2) is 0 Å². The van der Waals surface area contributed by atoms with Crippen LogP contribution in [0.1, 0.15) is 12.8 Å². The van der Waals surface area contributed by atoms with Crippen molar-refractivity contribution in [1.29, 1.82) is 0 Å². The van der Waals surface area contributed by atoms with Crippen LogP contribution in [0, 0.1) is 5.92 Å². The van der Waals surface area contributed by atoms with Gasteiger partial charge in [-0.2, -0.15) is 5.10 Å². The molecule has 1 unspecified atom stereocenters. The fourth-order valence-corrected chi connectivity index (χ4v) is 1.85. The Morgan fingerprint density at radius 1 is 1.57 bits per heavy atom. The first kappa shape index (κ1) is 9.99. The highest BCUT2D eigenvalue weighted by molar-refractivity contribution is 6.21. The molecule has 0 spiro atoms. The van der Waals surface area contributed by atoms with E-state index < -0.39 is 0 Å². The van der Waals surface area contributed by atoms with Crippen molar-refractivity contribution < 1.29 is 0 Å². The van der Waals surface area contributed by atoms with Crippen LogP contribution in [0.5, 0.6) is 0 Å². The standard InChI is InChI=1S/C10H16ClN3/c11-10(9-2-3-9)8-12-5-7-14-6-1-4-13-14/h1,4,6,9-10,12H,2-3,5,7-8H2. The van der Waals surface area contributed by atoms with Crippen LogP contribution < -0.4 is 5.32 Å². The highest BCUT2D eigenvalue weighted by Gasteiger charge is 2.28. The Balaban J connectivity index is 1.54. The van der Waals surface area contributed by atoms with E-state index >= 15 is 0 Å². The summed E-state index contributed by atoms with van der Waals surface area (Å²) in [5.74, 6) is 0.772. The lowest BCUT2D eigenvalue weighted by molar-refractivity contribution is 0.540. The van der Waals surface area contributed by atoms with Crippen molar-refractivity contribution in [3.05, 3.63) is 18.5 Å². The van der Waals surface area contributed by atoms with Gasteiger partial charge in [0.1, 0.15) is 0 Å². The van der Waals surface area contributed by atoms with Crippen molar-refractivity contribution in [1.82, 2.24) is 15.1 Å². The lowest BCUT2D eigenvalue weighted by atomic mass is 10.3. The third-order valence-corrected chi connectivity index (χ3v) is 3.06. The zero-order valence-corrected chi connectivity index (χ0v) is 8.95. The minimum absolute atomic E-state index is 0.327. The summed E-state index contributed by atoms with van der Waals surface area (Å²) in [5.41, 5.74) is 0. The molecule has 1 aliphatic rings. The second-order valence-corrected chi connectivity index (χ2v) is 4.39. The fraction of sp³-hybridized carbons (Fsp3) is 0.700. The van der Waals surface area contributed by atoms with Crippen LogP contribution in [0.4, 0.5) is 0 Å². The number of alkyl halides is 1. The van der Waals surface area contributed by atoms with E-state index in [0.29, 0.717) is 5.38 Å². The summed E-state index contributed by atoms with van der Waals surface area (Å²) >= 11 is 6.15. The topological polar surface area (TPSA) is 29.9 Å². The van der Waals surface area contributed by atoms with E-state index in [1.165, 1.54) is 12.8 Å². The Kier molecular flexibility index (Phi) is 3.43. The van der Waals surface area contributed by atoms with E-state index in [1.807, 2.05) is 16.9 Å². The van der Waals surface area contributed by atoms with Gasteiger partial charge in [0.25, 0.3) is 0 Å². The van der Waals surface area contributed by atoms with Gasteiger partial charge >= 0.3 is 0 Å². The first-order chi connectivity index (χ1) is 6.86. The van der Waals surface area contributed by atoms with E-state index in [0.717, 1.165) is 25.6 Å². The number of halogens is 1. The molecule has 1 fully saturated rings. The van der Waals surface area contributed by atoms with Crippen molar-refractivity contribution in [2.75, 3.05) is 13.1 Å². The van der Waals surface area contributed by atoms with E-state index in [4.69, 9.17) is 11.6 Å². The van der Waals surface area contributed by atoms with Gasteiger partial charge in [-0.1, -0.05) is 0 Å². The molecule has 4 heteroatoms. The Morgan fingerprint density at radius 2 is 2.43 bits per heavy atom. The van der Waals surface area contributed by atoms with Gasteiger partial charge in [0, 0.05) is 30.9 Å². The molecule has 1 heterocycles. The third-order valence-electron chi connectivity index (χ3n) is 2.55. The molecule has 0 saturated heterocycles. The monoisotopic (exact) mass is 213 g/mol. The van der Waals surface area contributed by atoms with Crippen LogP contribution in [-0.2, 0) is 6.54 Å². The molecule has 1 saturated carbocycles. The Hall–Kier alpha value is -0.540. The average Bonchev–Trinajstić information content (AvgIpc) is 2.92. The van der Waals surface area contributed by atoms with Crippen molar-refractivity contribution >= 4 is 11.6 Å². The van der Waals surface area contributed by atoms with Gasteiger partial charge in [0.2, 0.25) is 0 Å². The predicted octanol–water partition coefficient (Wildman–Crippen LogP) is 1.49. The molecular weight excluding hydrogens is 198 g/mol. The van der Waals surface area contributed by atoms with Gasteiger partial charge in [0.05, 0.1) is 6.54 Å². The molecule has 14 heavy (non-hydrogen) atoms. The number of nitrogens with one attached hydrogen (secondary N) is 1. The van der Waals surface area contributed by atoms with E-state index in [2.05, 4.69) is 10.4 Å². The lowest BCUT2D eigenvalue weighted by Crippen LogP contribution is -2.27. The first-order valence-electron chi connectivity index (χ1n) is 5.18. The molecule has 0 aromatic carbocycles. The van der Waals surface area contributed by atoms with Gasteiger partial charge in [-0.3, -0.25) is 4.68 Å². The zero-order chi connectivity index (χ0) is 9.80. The van der Waals surface area contributed by atoms with Crippen molar-refractivity contribution in [2.45, 2.75) is 24.8 Å². The van der Waals surface area contributed by atoms with Crippen LogP contribution in [-0.4, -0.2) is 28.2 Å². The van der Waals surface area contributed by atoms with E-state index in [1.54, 1.807) is 6.20 Å². The number of aromatic nitrogens is 2. The molecule has 1 aromatic heterocycles. The van der Waals surface area contributed by atoms with Crippen LogP contribution in [0.25, 0.3) is 0 Å². The second-order valence-electron chi connectivity index (χ2n) is 3.83. The van der Waals surface area contributed by atoms with Crippen molar-refractivity contribution in [3.8, 4) is 0 Å². The molecule has 78 valence electrons. The molecule has 1 atom stereocenters. The van der Waals surface area contributed by atoms with Crippen molar-refractivity contribution in [2.24, 2.45) is 5.92 Å². The summed E-state index contributed by atoms with van der Waals surface area (Å²) in [7, 11) is 0. The van der Waals surface area contributed by atoms with Gasteiger partial charge in [-0.15, -0.1) is 11.6 Å². The maximum absolute atomic E-state index is 6.15. The summed E-state index contributed by atoms with van der Waals surface area (Å²) in [6.45, 7) is 2.78. The third kappa shape index (κ3) is 3.00. The summed E-state index contributed by atoms with van der Waals surface area (Å²) in [6.07, 6.45) is 6.40. The van der Waals surface area contributed by atoms with E-state index in [9.17, 15) is 0 Å². The second kappa shape index (κ2) is 4.80. The smallest absolute Gasteiger partial charge is 0.0533 e. The van der Waals surface area contributed by atoms with Crippen molar-refractivity contribution in [3.63, 3.8) is 0 Å². The fourth-order valence-electron chi connectivity index (χ4n) is 1.49. The summed E-state index contributed by atoms with van der Waals surface area (Å²) in [4.78, 5) is 0. The van der Waals surface area contributed by atoms with E-state index in [-0.39, 0.29) is 0 Å². The first-order valence-corrected chi connectivity index (χ1v) is 5.62. The molecule has 3 nitrogen and oxygen atoms in total. The highest BCUT2D eigenvalue weighted by atomic mass is 35.5. The number of rotatable bonds is 6.